The largest absolute Gasteiger partial charge is 0.497 e. The molecule has 0 saturated heterocycles. The number of benzene rings is 2. The van der Waals surface area contributed by atoms with Gasteiger partial charge in [0.05, 0.1) is 7.11 Å². The van der Waals surface area contributed by atoms with Gasteiger partial charge >= 0.3 is 0 Å². The predicted octanol–water partition coefficient (Wildman–Crippen LogP) is 3.64. The molecule has 0 spiro atoms. The minimum absolute atomic E-state index is 0.0229. The molecule has 2 aromatic rings. The van der Waals surface area contributed by atoms with Crippen LogP contribution >= 0.6 is 15.9 Å². The maximum Gasteiger partial charge on any atom is 0.263 e. The molecule has 0 saturated carbocycles. The Balaban J connectivity index is 1.86. The number of halogens is 1. The molecule has 0 aliphatic carbocycles. The molecular weight excluding hydrogens is 382 g/mol. The first-order valence-corrected chi connectivity index (χ1v) is 8.45. The Morgan fingerprint density at radius 3 is 2.68 bits per heavy atom. The fourth-order valence-electron chi connectivity index (χ4n) is 2.09. The van der Waals surface area contributed by atoms with Gasteiger partial charge in [0, 0.05) is 22.9 Å². The number of hydrogen-bond donors (Lipinski definition) is 2. The second-order valence-corrected chi connectivity index (χ2v) is 6.09. The molecule has 25 heavy (non-hydrogen) atoms. The van der Waals surface area contributed by atoms with Gasteiger partial charge in [-0.1, -0.05) is 34.1 Å². The molecule has 6 heteroatoms. The lowest BCUT2D eigenvalue weighted by Gasteiger charge is -2.06. The third-order valence-electron chi connectivity index (χ3n) is 3.43. The van der Waals surface area contributed by atoms with E-state index in [-0.39, 0.29) is 5.57 Å². The van der Waals surface area contributed by atoms with Crippen molar-refractivity contribution in [2.45, 2.75) is 6.42 Å². The van der Waals surface area contributed by atoms with E-state index in [9.17, 15) is 4.79 Å². The molecule has 128 valence electrons. The number of hydrogen-bond acceptors (Lipinski definition) is 4. The van der Waals surface area contributed by atoms with Crippen LogP contribution in [0.3, 0.4) is 0 Å². The molecule has 0 aliphatic heterocycles. The minimum atomic E-state index is -0.404. The number of amides is 1. The summed E-state index contributed by atoms with van der Waals surface area (Å²) >= 11 is 3.37. The highest BCUT2D eigenvalue weighted by Crippen LogP contribution is 2.16. The Bertz CT molecular complexity index is 795. The van der Waals surface area contributed by atoms with E-state index in [2.05, 4.69) is 26.6 Å². The molecule has 0 heterocycles. The van der Waals surface area contributed by atoms with E-state index in [1.54, 1.807) is 7.11 Å². The molecule has 2 rings (SSSR count). The molecule has 0 fully saturated rings. The van der Waals surface area contributed by atoms with E-state index in [4.69, 9.17) is 10.00 Å². The van der Waals surface area contributed by atoms with Crippen LogP contribution in [0.1, 0.15) is 5.56 Å². The predicted molar refractivity (Wildman–Crippen MR) is 101 cm³/mol. The Morgan fingerprint density at radius 1 is 1.28 bits per heavy atom. The standard InChI is InChI=1S/C19H18BrN3O2/c1-25-18-7-5-14(6-8-18)9-10-22-19(24)15(12-21)13-23-17-4-2-3-16(20)11-17/h2-8,11,13,23H,9-10H2,1H3,(H,22,24)/b15-13-. The lowest BCUT2D eigenvalue weighted by molar-refractivity contribution is -0.117. The highest BCUT2D eigenvalue weighted by molar-refractivity contribution is 9.10. The quantitative estimate of drug-likeness (QED) is 0.550. The molecule has 1 amide bonds. The van der Waals surface area contributed by atoms with Crippen molar-refractivity contribution < 1.29 is 9.53 Å². The number of nitrogens with zero attached hydrogens (tertiary/aromatic N) is 1. The Labute approximate surface area is 155 Å². The molecule has 0 radical (unpaired) electrons. The molecule has 5 nitrogen and oxygen atoms in total. The van der Waals surface area contributed by atoms with Gasteiger partial charge in [-0.05, 0) is 42.3 Å². The minimum Gasteiger partial charge on any atom is -0.497 e. The molecular formula is C19H18BrN3O2. The number of nitrogens with one attached hydrogen (secondary N) is 2. The van der Waals surface area contributed by atoms with E-state index in [0.717, 1.165) is 21.5 Å². The number of carbonyl (C=O) groups is 1. The van der Waals surface area contributed by atoms with E-state index in [1.165, 1.54) is 6.20 Å². The summed E-state index contributed by atoms with van der Waals surface area (Å²) in [4.78, 5) is 12.1. The molecule has 0 aromatic heterocycles. The molecule has 0 atom stereocenters. The number of methoxy groups -OCH3 is 1. The smallest absolute Gasteiger partial charge is 0.263 e. The van der Waals surface area contributed by atoms with Crippen LogP contribution in [0.15, 0.2) is 64.8 Å². The number of carbonyl (C=O) groups excluding carboxylic acids is 1. The van der Waals surface area contributed by atoms with E-state index < -0.39 is 5.91 Å². The summed E-state index contributed by atoms with van der Waals surface area (Å²) in [6, 6.07) is 17.0. The zero-order valence-corrected chi connectivity index (χ0v) is 15.3. The van der Waals surface area contributed by atoms with Gasteiger partial charge in [-0.2, -0.15) is 5.26 Å². The number of ether oxygens (including phenoxy) is 1. The zero-order valence-electron chi connectivity index (χ0n) is 13.8. The fraction of sp³-hybridized carbons (Fsp3) is 0.158. The summed E-state index contributed by atoms with van der Waals surface area (Å²) in [7, 11) is 1.62. The van der Waals surface area contributed by atoms with Crippen molar-refractivity contribution in [1.82, 2.24) is 5.32 Å². The lowest BCUT2D eigenvalue weighted by Crippen LogP contribution is -2.27. The Hall–Kier alpha value is -2.78. The molecule has 0 unspecified atom stereocenters. The van der Waals surface area contributed by atoms with Gasteiger partial charge in [-0.3, -0.25) is 4.79 Å². The summed E-state index contributed by atoms with van der Waals surface area (Å²) in [5, 5.41) is 14.9. The summed E-state index contributed by atoms with van der Waals surface area (Å²) in [6.45, 7) is 0.446. The second-order valence-electron chi connectivity index (χ2n) is 5.18. The second kappa shape index (κ2) is 9.50. The molecule has 0 aliphatic rings. The van der Waals surface area contributed by atoms with Gasteiger partial charge in [0.2, 0.25) is 0 Å². The van der Waals surface area contributed by atoms with Crippen LogP contribution in [-0.4, -0.2) is 19.6 Å². The first-order chi connectivity index (χ1) is 12.1. The SMILES string of the molecule is COc1ccc(CCNC(=O)/C(C#N)=C\Nc2cccc(Br)c2)cc1. The van der Waals surface area contributed by atoms with Gasteiger partial charge in [-0.25, -0.2) is 0 Å². The summed E-state index contributed by atoms with van der Waals surface area (Å²) < 4.78 is 6.02. The fourth-order valence-corrected chi connectivity index (χ4v) is 2.49. The van der Waals surface area contributed by atoms with Crippen molar-refractivity contribution in [2.24, 2.45) is 0 Å². The van der Waals surface area contributed by atoms with Crippen LogP contribution in [0.25, 0.3) is 0 Å². The third kappa shape index (κ3) is 5.98. The monoisotopic (exact) mass is 399 g/mol. The van der Waals surface area contributed by atoms with Crippen molar-refractivity contribution in [2.75, 3.05) is 19.0 Å². The number of anilines is 1. The van der Waals surface area contributed by atoms with Gasteiger partial charge in [0.1, 0.15) is 17.4 Å². The van der Waals surface area contributed by atoms with E-state index >= 15 is 0 Å². The number of nitriles is 1. The average Bonchev–Trinajstić information content (AvgIpc) is 2.63. The third-order valence-corrected chi connectivity index (χ3v) is 3.92. The lowest BCUT2D eigenvalue weighted by atomic mass is 10.1. The summed E-state index contributed by atoms with van der Waals surface area (Å²) in [5.41, 5.74) is 1.89. The Kier molecular flexibility index (Phi) is 7.05. The summed E-state index contributed by atoms with van der Waals surface area (Å²) in [5.74, 6) is 0.389. The maximum absolute atomic E-state index is 12.1. The van der Waals surface area contributed by atoms with Crippen molar-refractivity contribution in [3.8, 4) is 11.8 Å². The van der Waals surface area contributed by atoms with Gasteiger partial charge in [-0.15, -0.1) is 0 Å². The highest BCUT2D eigenvalue weighted by Gasteiger charge is 2.08. The first kappa shape index (κ1) is 18.6. The van der Waals surface area contributed by atoms with Crippen LogP contribution in [-0.2, 0) is 11.2 Å². The summed E-state index contributed by atoms with van der Waals surface area (Å²) in [6.07, 6.45) is 2.08. The molecule has 2 aromatic carbocycles. The van der Waals surface area contributed by atoms with E-state index in [0.29, 0.717) is 13.0 Å². The van der Waals surface area contributed by atoms with Crippen LogP contribution in [0.2, 0.25) is 0 Å². The van der Waals surface area contributed by atoms with Gasteiger partial charge in [0.15, 0.2) is 0 Å². The normalized spacial score (nSPS) is 10.7. The highest BCUT2D eigenvalue weighted by atomic mass is 79.9. The van der Waals surface area contributed by atoms with Crippen molar-refractivity contribution in [3.05, 3.63) is 70.3 Å². The Morgan fingerprint density at radius 2 is 2.04 bits per heavy atom. The van der Waals surface area contributed by atoms with Crippen LogP contribution in [0.5, 0.6) is 5.75 Å². The van der Waals surface area contributed by atoms with Crippen molar-refractivity contribution in [3.63, 3.8) is 0 Å². The molecule has 0 bridgehead atoms. The van der Waals surface area contributed by atoms with Gasteiger partial charge in [0.25, 0.3) is 5.91 Å². The van der Waals surface area contributed by atoms with Crippen molar-refractivity contribution >= 4 is 27.5 Å². The van der Waals surface area contributed by atoms with Crippen LogP contribution in [0, 0.1) is 11.3 Å². The topological polar surface area (TPSA) is 74.1 Å². The maximum atomic E-state index is 12.1. The zero-order chi connectivity index (χ0) is 18.1. The van der Waals surface area contributed by atoms with Crippen molar-refractivity contribution in [1.29, 1.82) is 5.26 Å². The number of rotatable bonds is 7. The van der Waals surface area contributed by atoms with E-state index in [1.807, 2.05) is 54.6 Å². The van der Waals surface area contributed by atoms with Crippen LogP contribution < -0.4 is 15.4 Å². The van der Waals surface area contributed by atoms with Crippen LogP contribution in [0.4, 0.5) is 5.69 Å². The first-order valence-electron chi connectivity index (χ1n) is 7.66. The average molecular weight is 400 g/mol. The molecule has 2 N–H and O–H groups in total. The van der Waals surface area contributed by atoms with Gasteiger partial charge < -0.3 is 15.4 Å².